The number of ether oxygens (including phenoxy) is 6. The van der Waals surface area contributed by atoms with Gasteiger partial charge in [0.05, 0.1) is 6.61 Å². The van der Waals surface area contributed by atoms with Crippen LogP contribution in [0.25, 0.3) is 0 Å². The maximum absolute atomic E-state index is 11.6. The molecule has 2 aliphatic rings. The molecule has 1 aromatic carbocycles. The van der Waals surface area contributed by atoms with Crippen LogP contribution < -0.4 is 0 Å². The number of hydrogen-bond acceptors (Lipinski definition) is 8. The lowest BCUT2D eigenvalue weighted by atomic mass is 10.1. The van der Waals surface area contributed by atoms with Crippen molar-refractivity contribution in [3.8, 4) is 0 Å². The van der Waals surface area contributed by atoms with E-state index in [1.165, 1.54) is 13.8 Å². The molecule has 2 unspecified atom stereocenters. The average Bonchev–Trinajstić information content (AvgIpc) is 3.09. The van der Waals surface area contributed by atoms with Crippen molar-refractivity contribution in [2.24, 2.45) is 0 Å². The third kappa shape index (κ3) is 5.08. The molecule has 0 amide bonds. The maximum Gasteiger partial charge on any atom is 0.303 e. The Hall–Kier alpha value is -2.00. The largest absolute Gasteiger partial charge is 0.462 e. The standard InChI is InChI=1S/C20H26O8/c1-12(21)23-11-15(25-13(2)22)16-17(24-10-14-8-6-5-7-9-14)18-19(26-16)28-20(3,4)27-18/h5-9,15-19H,10-11H2,1-4H3/t15?,16-,17?,18+,19-/m1/s1. The number of carbonyl (C=O) groups is 2. The lowest BCUT2D eigenvalue weighted by Crippen LogP contribution is -2.46. The summed E-state index contributed by atoms with van der Waals surface area (Å²) in [5.74, 6) is -1.81. The molecule has 8 nitrogen and oxygen atoms in total. The number of hydrogen-bond donors (Lipinski definition) is 0. The van der Waals surface area contributed by atoms with Crippen molar-refractivity contribution in [2.75, 3.05) is 6.61 Å². The number of esters is 2. The first-order valence-corrected chi connectivity index (χ1v) is 9.22. The second-order valence-electron chi connectivity index (χ2n) is 7.28. The minimum Gasteiger partial charge on any atom is -0.462 e. The van der Waals surface area contributed by atoms with Crippen molar-refractivity contribution < 1.29 is 38.0 Å². The van der Waals surface area contributed by atoms with Gasteiger partial charge in [-0.05, 0) is 19.4 Å². The fourth-order valence-electron chi connectivity index (χ4n) is 3.37. The van der Waals surface area contributed by atoms with E-state index in [1.54, 1.807) is 13.8 Å². The van der Waals surface area contributed by atoms with E-state index in [0.717, 1.165) is 5.56 Å². The summed E-state index contributed by atoms with van der Waals surface area (Å²) >= 11 is 0. The molecule has 2 saturated heterocycles. The van der Waals surface area contributed by atoms with Crippen molar-refractivity contribution in [1.82, 2.24) is 0 Å². The molecule has 2 aliphatic heterocycles. The van der Waals surface area contributed by atoms with Gasteiger partial charge in [0, 0.05) is 13.8 Å². The van der Waals surface area contributed by atoms with Gasteiger partial charge >= 0.3 is 11.9 Å². The minimum absolute atomic E-state index is 0.145. The van der Waals surface area contributed by atoms with Crippen molar-refractivity contribution in [3.63, 3.8) is 0 Å². The maximum atomic E-state index is 11.6. The van der Waals surface area contributed by atoms with Gasteiger partial charge in [-0.25, -0.2) is 0 Å². The molecular weight excluding hydrogens is 368 g/mol. The van der Waals surface area contributed by atoms with Gasteiger partial charge in [0.1, 0.15) is 24.9 Å². The summed E-state index contributed by atoms with van der Waals surface area (Å²) in [5, 5.41) is 0. The first-order valence-electron chi connectivity index (χ1n) is 9.22. The van der Waals surface area contributed by atoms with E-state index in [4.69, 9.17) is 28.4 Å². The topological polar surface area (TPSA) is 89.5 Å². The van der Waals surface area contributed by atoms with Crippen LogP contribution >= 0.6 is 0 Å². The lowest BCUT2D eigenvalue weighted by Gasteiger charge is -2.30. The van der Waals surface area contributed by atoms with Crippen LogP contribution in [0.15, 0.2) is 30.3 Å². The van der Waals surface area contributed by atoms with E-state index in [0.29, 0.717) is 6.61 Å². The van der Waals surface area contributed by atoms with E-state index in [9.17, 15) is 9.59 Å². The summed E-state index contributed by atoms with van der Waals surface area (Å²) < 4.78 is 34.3. The quantitative estimate of drug-likeness (QED) is 0.648. The van der Waals surface area contributed by atoms with Crippen molar-refractivity contribution in [2.45, 2.75) is 70.8 Å². The monoisotopic (exact) mass is 394 g/mol. The first-order chi connectivity index (χ1) is 13.2. The minimum atomic E-state index is -0.844. The van der Waals surface area contributed by atoms with E-state index in [1.807, 2.05) is 30.3 Å². The van der Waals surface area contributed by atoms with Crippen LogP contribution in [0.2, 0.25) is 0 Å². The lowest BCUT2D eigenvalue weighted by molar-refractivity contribution is -0.236. The molecule has 5 atom stereocenters. The molecule has 1 aromatic rings. The molecule has 154 valence electrons. The van der Waals surface area contributed by atoms with E-state index >= 15 is 0 Å². The van der Waals surface area contributed by atoms with E-state index in [-0.39, 0.29) is 6.61 Å². The van der Waals surface area contributed by atoms with Crippen LogP contribution in [0.5, 0.6) is 0 Å². The summed E-state index contributed by atoms with van der Waals surface area (Å²) in [4.78, 5) is 22.8. The van der Waals surface area contributed by atoms with Gasteiger partial charge in [0.25, 0.3) is 0 Å². The molecule has 0 bridgehead atoms. The smallest absolute Gasteiger partial charge is 0.303 e. The zero-order valence-corrected chi connectivity index (χ0v) is 16.5. The van der Waals surface area contributed by atoms with Crippen LogP contribution in [0.4, 0.5) is 0 Å². The molecule has 0 radical (unpaired) electrons. The van der Waals surface area contributed by atoms with Crippen LogP contribution in [-0.2, 0) is 44.6 Å². The molecule has 28 heavy (non-hydrogen) atoms. The summed E-state index contributed by atoms with van der Waals surface area (Å²) in [7, 11) is 0. The Bertz CT molecular complexity index is 689. The molecule has 8 heteroatoms. The Balaban J connectivity index is 1.77. The van der Waals surface area contributed by atoms with Gasteiger partial charge in [-0.15, -0.1) is 0 Å². The predicted molar refractivity (Wildman–Crippen MR) is 95.9 cm³/mol. The highest BCUT2D eigenvalue weighted by molar-refractivity contribution is 5.67. The molecule has 2 heterocycles. The van der Waals surface area contributed by atoms with Gasteiger partial charge in [-0.2, -0.15) is 0 Å². The Kier molecular flexibility index (Phi) is 6.34. The van der Waals surface area contributed by atoms with Gasteiger partial charge < -0.3 is 28.4 Å². The second-order valence-corrected chi connectivity index (χ2v) is 7.28. The Morgan fingerprint density at radius 2 is 1.82 bits per heavy atom. The molecule has 0 aromatic heterocycles. The molecule has 3 rings (SSSR count). The number of benzene rings is 1. The molecule has 2 fully saturated rings. The zero-order chi connectivity index (χ0) is 20.3. The van der Waals surface area contributed by atoms with Crippen molar-refractivity contribution in [3.05, 3.63) is 35.9 Å². The summed E-state index contributed by atoms with van der Waals surface area (Å²) in [5.41, 5.74) is 0.979. The first kappa shape index (κ1) is 20.7. The van der Waals surface area contributed by atoms with Gasteiger partial charge in [-0.3, -0.25) is 9.59 Å². The average molecular weight is 394 g/mol. The van der Waals surface area contributed by atoms with E-state index in [2.05, 4.69) is 0 Å². The summed E-state index contributed by atoms with van der Waals surface area (Å²) in [6.07, 6.45) is -3.30. The summed E-state index contributed by atoms with van der Waals surface area (Å²) in [6, 6.07) is 9.66. The van der Waals surface area contributed by atoms with Gasteiger partial charge in [0.15, 0.2) is 18.2 Å². The predicted octanol–water partition coefficient (Wildman–Crippen LogP) is 1.94. The Labute approximate surface area is 164 Å². The SMILES string of the molecule is CC(=O)OCC(OC(C)=O)[C@H]1O[C@@H]2OC(C)(C)O[C@H]2C1OCc1ccccc1. The van der Waals surface area contributed by atoms with Crippen LogP contribution in [-0.4, -0.2) is 55.0 Å². The van der Waals surface area contributed by atoms with E-state index < -0.39 is 48.4 Å². The van der Waals surface area contributed by atoms with Gasteiger partial charge in [-0.1, -0.05) is 30.3 Å². The molecule has 0 saturated carbocycles. The van der Waals surface area contributed by atoms with Crippen LogP contribution in [0.3, 0.4) is 0 Å². The summed E-state index contributed by atoms with van der Waals surface area (Å²) in [6.45, 7) is 6.33. The fraction of sp³-hybridized carbons (Fsp3) is 0.600. The molecule has 0 N–H and O–H groups in total. The van der Waals surface area contributed by atoms with Crippen molar-refractivity contribution in [1.29, 1.82) is 0 Å². The van der Waals surface area contributed by atoms with Gasteiger partial charge in [0.2, 0.25) is 0 Å². The van der Waals surface area contributed by atoms with Crippen LogP contribution in [0.1, 0.15) is 33.3 Å². The number of rotatable bonds is 7. The van der Waals surface area contributed by atoms with Crippen molar-refractivity contribution >= 4 is 11.9 Å². The zero-order valence-electron chi connectivity index (χ0n) is 16.5. The fourth-order valence-corrected chi connectivity index (χ4v) is 3.37. The highest BCUT2D eigenvalue weighted by atomic mass is 16.8. The molecular formula is C20H26O8. The normalized spacial score (nSPS) is 29.1. The Morgan fingerprint density at radius 3 is 2.46 bits per heavy atom. The second kappa shape index (κ2) is 8.57. The molecule has 0 spiro atoms. The molecule has 0 aliphatic carbocycles. The highest BCUT2D eigenvalue weighted by Gasteiger charge is 2.58. The highest BCUT2D eigenvalue weighted by Crippen LogP contribution is 2.40. The number of carbonyl (C=O) groups excluding carboxylic acids is 2. The third-order valence-electron chi connectivity index (χ3n) is 4.45. The van der Waals surface area contributed by atoms with Crippen LogP contribution in [0, 0.1) is 0 Å². The third-order valence-corrected chi connectivity index (χ3v) is 4.45. The Morgan fingerprint density at radius 1 is 1.11 bits per heavy atom. The number of fused-ring (bicyclic) bond motifs is 1.